The number of carbonyl (C=O) groups excluding carboxylic acids is 1. The predicted molar refractivity (Wildman–Crippen MR) is 56.0 cm³/mol. The van der Waals surface area contributed by atoms with Crippen LogP contribution in [0, 0.1) is 5.92 Å². The first-order valence-electron chi connectivity index (χ1n) is 4.98. The van der Waals surface area contributed by atoms with Crippen molar-refractivity contribution in [1.82, 2.24) is 0 Å². The summed E-state index contributed by atoms with van der Waals surface area (Å²) >= 11 is 0. The fourth-order valence-electron chi connectivity index (χ4n) is 0.719. The number of ether oxygens (including phenoxy) is 2. The lowest BCUT2D eigenvalue weighted by atomic mass is 10.1. The summed E-state index contributed by atoms with van der Waals surface area (Å²) in [4.78, 5) is 10.9. The zero-order chi connectivity index (χ0) is 11.0. The molecule has 0 aromatic carbocycles. The van der Waals surface area contributed by atoms with Crippen molar-refractivity contribution in [1.29, 1.82) is 0 Å². The molecule has 0 fully saturated rings. The Hall–Kier alpha value is -0.830. The third-order valence-electron chi connectivity index (χ3n) is 1.91. The molecule has 82 valence electrons. The van der Waals surface area contributed by atoms with E-state index in [1.807, 2.05) is 0 Å². The highest BCUT2D eigenvalue weighted by atomic mass is 16.6. The van der Waals surface area contributed by atoms with Crippen molar-refractivity contribution in [3.8, 4) is 0 Å². The lowest BCUT2D eigenvalue weighted by Gasteiger charge is -2.09. The van der Waals surface area contributed by atoms with Gasteiger partial charge in [0.15, 0.2) is 0 Å². The SMILES string of the molecule is C=C(C)C(=O)OCCOCC(C)CC. The van der Waals surface area contributed by atoms with Crippen LogP contribution in [0.5, 0.6) is 0 Å². The molecule has 0 bridgehead atoms. The lowest BCUT2D eigenvalue weighted by Crippen LogP contribution is -2.13. The number of carbonyl (C=O) groups is 1. The third-order valence-corrected chi connectivity index (χ3v) is 1.91. The highest BCUT2D eigenvalue weighted by Gasteiger charge is 2.02. The second-order valence-corrected chi connectivity index (χ2v) is 3.50. The van der Waals surface area contributed by atoms with E-state index in [1.165, 1.54) is 0 Å². The largest absolute Gasteiger partial charge is 0.460 e. The summed E-state index contributed by atoms with van der Waals surface area (Å²) < 4.78 is 10.2. The van der Waals surface area contributed by atoms with Gasteiger partial charge in [-0.25, -0.2) is 4.79 Å². The van der Waals surface area contributed by atoms with Gasteiger partial charge in [0.05, 0.1) is 6.61 Å². The molecule has 0 aliphatic rings. The smallest absolute Gasteiger partial charge is 0.333 e. The molecule has 0 saturated carbocycles. The molecule has 0 radical (unpaired) electrons. The summed E-state index contributed by atoms with van der Waals surface area (Å²) in [6.07, 6.45) is 1.10. The van der Waals surface area contributed by atoms with Crippen molar-refractivity contribution in [3.05, 3.63) is 12.2 Å². The monoisotopic (exact) mass is 200 g/mol. The maximum absolute atomic E-state index is 10.9. The van der Waals surface area contributed by atoms with Gasteiger partial charge in [-0.15, -0.1) is 0 Å². The Bertz CT molecular complexity index is 187. The summed E-state index contributed by atoms with van der Waals surface area (Å²) in [5.74, 6) is 0.212. The van der Waals surface area contributed by atoms with Crippen molar-refractivity contribution in [2.45, 2.75) is 27.2 Å². The summed E-state index contributed by atoms with van der Waals surface area (Å²) in [5.41, 5.74) is 0.423. The van der Waals surface area contributed by atoms with Crippen molar-refractivity contribution in [2.75, 3.05) is 19.8 Å². The van der Waals surface area contributed by atoms with Gasteiger partial charge < -0.3 is 9.47 Å². The molecular weight excluding hydrogens is 180 g/mol. The molecule has 3 nitrogen and oxygen atoms in total. The van der Waals surface area contributed by atoms with E-state index in [0.717, 1.165) is 13.0 Å². The minimum atomic E-state index is -0.350. The zero-order valence-electron chi connectivity index (χ0n) is 9.34. The Morgan fingerprint density at radius 3 is 2.57 bits per heavy atom. The molecule has 0 aliphatic carbocycles. The Morgan fingerprint density at radius 2 is 2.07 bits per heavy atom. The molecule has 0 saturated heterocycles. The van der Waals surface area contributed by atoms with Crippen molar-refractivity contribution < 1.29 is 14.3 Å². The molecule has 0 aliphatic heterocycles. The summed E-state index contributed by atoms with van der Waals surface area (Å²) in [7, 11) is 0. The van der Waals surface area contributed by atoms with Crippen LogP contribution in [-0.4, -0.2) is 25.8 Å². The van der Waals surface area contributed by atoms with Crippen LogP contribution in [0.4, 0.5) is 0 Å². The molecule has 1 unspecified atom stereocenters. The molecule has 0 rings (SSSR count). The number of hydrogen-bond acceptors (Lipinski definition) is 3. The van der Waals surface area contributed by atoms with Crippen LogP contribution in [0.25, 0.3) is 0 Å². The molecule has 3 heteroatoms. The Labute approximate surface area is 86.1 Å². The number of rotatable bonds is 7. The Morgan fingerprint density at radius 1 is 1.43 bits per heavy atom. The Balaban J connectivity index is 3.30. The fraction of sp³-hybridized carbons (Fsp3) is 0.727. The van der Waals surface area contributed by atoms with Crippen LogP contribution in [0.15, 0.2) is 12.2 Å². The predicted octanol–water partition coefficient (Wildman–Crippen LogP) is 2.17. The molecule has 0 N–H and O–H groups in total. The molecule has 0 amide bonds. The van der Waals surface area contributed by atoms with E-state index in [2.05, 4.69) is 20.4 Å². The van der Waals surface area contributed by atoms with Crippen molar-refractivity contribution in [2.24, 2.45) is 5.92 Å². The van der Waals surface area contributed by atoms with E-state index < -0.39 is 0 Å². The van der Waals surface area contributed by atoms with Gasteiger partial charge >= 0.3 is 5.97 Å². The van der Waals surface area contributed by atoms with Crippen LogP contribution in [0.3, 0.4) is 0 Å². The minimum Gasteiger partial charge on any atom is -0.460 e. The second kappa shape index (κ2) is 7.56. The molecular formula is C11H20O3. The van der Waals surface area contributed by atoms with Gasteiger partial charge in [-0.1, -0.05) is 26.8 Å². The molecule has 14 heavy (non-hydrogen) atoms. The number of hydrogen-bond donors (Lipinski definition) is 0. The normalized spacial score (nSPS) is 12.2. The van der Waals surface area contributed by atoms with Crippen LogP contribution < -0.4 is 0 Å². The Kier molecular flexibility index (Phi) is 7.11. The van der Waals surface area contributed by atoms with E-state index in [0.29, 0.717) is 24.7 Å². The summed E-state index contributed by atoms with van der Waals surface area (Å²) in [6, 6.07) is 0. The third kappa shape index (κ3) is 6.66. The number of esters is 1. The maximum Gasteiger partial charge on any atom is 0.333 e. The topological polar surface area (TPSA) is 35.5 Å². The van der Waals surface area contributed by atoms with Crippen LogP contribution in [0.2, 0.25) is 0 Å². The highest BCUT2D eigenvalue weighted by Crippen LogP contribution is 2.00. The van der Waals surface area contributed by atoms with Crippen molar-refractivity contribution >= 4 is 5.97 Å². The summed E-state index contributed by atoms with van der Waals surface area (Å²) in [5, 5.41) is 0. The second-order valence-electron chi connectivity index (χ2n) is 3.50. The standard InChI is InChI=1S/C11H20O3/c1-5-10(4)8-13-6-7-14-11(12)9(2)3/h10H,2,5-8H2,1,3-4H3. The van der Waals surface area contributed by atoms with E-state index in [4.69, 9.17) is 9.47 Å². The lowest BCUT2D eigenvalue weighted by molar-refractivity contribution is -0.140. The molecule has 1 atom stereocenters. The van der Waals surface area contributed by atoms with E-state index >= 15 is 0 Å². The average molecular weight is 200 g/mol. The van der Waals surface area contributed by atoms with Gasteiger partial charge in [0.25, 0.3) is 0 Å². The van der Waals surface area contributed by atoms with Crippen LogP contribution >= 0.6 is 0 Å². The van der Waals surface area contributed by atoms with E-state index in [-0.39, 0.29) is 5.97 Å². The van der Waals surface area contributed by atoms with Crippen LogP contribution in [-0.2, 0) is 14.3 Å². The molecule has 0 spiro atoms. The molecule has 0 heterocycles. The molecule has 0 aromatic rings. The average Bonchev–Trinajstić information content (AvgIpc) is 2.16. The van der Waals surface area contributed by atoms with E-state index in [9.17, 15) is 4.79 Å². The van der Waals surface area contributed by atoms with Crippen LogP contribution in [0.1, 0.15) is 27.2 Å². The zero-order valence-corrected chi connectivity index (χ0v) is 9.34. The van der Waals surface area contributed by atoms with Crippen molar-refractivity contribution in [3.63, 3.8) is 0 Å². The fourth-order valence-corrected chi connectivity index (χ4v) is 0.719. The van der Waals surface area contributed by atoms with E-state index in [1.54, 1.807) is 6.92 Å². The summed E-state index contributed by atoms with van der Waals surface area (Å²) in [6.45, 7) is 10.8. The van der Waals surface area contributed by atoms with Gasteiger partial charge in [0.2, 0.25) is 0 Å². The first-order chi connectivity index (χ1) is 6.57. The van der Waals surface area contributed by atoms with Gasteiger partial charge in [0.1, 0.15) is 6.61 Å². The van der Waals surface area contributed by atoms with Gasteiger partial charge in [-0.05, 0) is 12.8 Å². The first kappa shape index (κ1) is 13.2. The van der Waals surface area contributed by atoms with Gasteiger partial charge in [-0.2, -0.15) is 0 Å². The van der Waals surface area contributed by atoms with Gasteiger partial charge in [-0.3, -0.25) is 0 Å². The highest BCUT2D eigenvalue weighted by molar-refractivity contribution is 5.86. The molecule has 0 aromatic heterocycles. The van der Waals surface area contributed by atoms with Gasteiger partial charge in [0, 0.05) is 12.2 Å². The minimum absolute atomic E-state index is 0.308. The quantitative estimate of drug-likeness (QED) is 0.359. The first-order valence-corrected chi connectivity index (χ1v) is 4.98. The maximum atomic E-state index is 10.9.